The summed E-state index contributed by atoms with van der Waals surface area (Å²) in [6.07, 6.45) is 1.05. The Labute approximate surface area is 138 Å². The molecule has 0 aromatic heterocycles. The van der Waals surface area contributed by atoms with Crippen LogP contribution in [-0.2, 0) is 11.2 Å². The summed E-state index contributed by atoms with van der Waals surface area (Å²) in [4.78, 5) is 12.4. The Morgan fingerprint density at radius 2 is 1.74 bits per heavy atom. The van der Waals surface area contributed by atoms with Crippen LogP contribution in [0.15, 0.2) is 42.5 Å². The monoisotopic (exact) mass is 311 g/mol. The van der Waals surface area contributed by atoms with Crippen LogP contribution >= 0.6 is 0 Å². The van der Waals surface area contributed by atoms with Crippen LogP contribution in [0.25, 0.3) is 0 Å². The van der Waals surface area contributed by atoms with Gasteiger partial charge < -0.3 is 10.4 Å². The average Bonchev–Trinajstić information content (AvgIpc) is 2.50. The smallest absolute Gasteiger partial charge is 0.231 e. The zero-order valence-electron chi connectivity index (χ0n) is 14.3. The number of anilines is 1. The number of amides is 1. The summed E-state index contributed by atoms with van der Waals surface area (Å²) in [6, 6.07) is 13.4. The molecular weight excluding hydrogens is 286 g/mol. The summed E-state index contributed by atoms with van der Waals surface area (Å²) in [6.45, 7) is 8.10. The van der Waals surface area contributed by atoms with Crippen LogP contribution in [0.5, 0.6) is 5.75 Å². The van der Waals surface area contributed by atoms with Gasteiger partial charge in [-0.2, -0.15) is 0 Å². The summed E-state index contributed by atoms with van der Waals surface area (Å²) < 4.78 is 0. The second-order valence-corrected chi connectivity index (χ2v) is 6.55. The molecule has 0 saturated carbocycles. The molecule has 122 valence electrons. The zero-order valence-corrected chi connectivity index (χ0v) is 14.3. The quantitative estimate of drug-likeness (QED) is 0.845. The number of aromatic hydroxyl groups is 1. The summed E-state index contributed by atoms with van der Waals surface area (Å²) >= 11 is 0. The molecule has 0 aliphatic carbocycles. The highest BCUT2D eigenvalue weighted by Crippen LogP contribution is 2.23. The SMILES string of the molecule is Cc1ccc(NC(=O)C(C)c2ccc(CC(C)C)cc2)cc1O. The molecule has 1 atom stereocenters. The Morgan fingerprint density at radius 1 is 1.09 bits per heavy atom. The van der Waals surface area contributed by atoms with E-state index in [9.17, 15) is 9.90 Å². The van der Waals surface area contributed by atoms with Gasteiger partial charge in [0.2, 0.25) is 5.91 Å². The molecule has 2 rings (SSSR count). The van der Waals surface area contributed by atoms with Crippen molar-refractivity contribution in [1.82, 2.24) is 0 Å². The number of hydrogen-bond acceptors (Lipinski definition) is 2. The number of rotatable bonds is 5. The van der Waals surface area contributed by atoms with Crippen LogP contribution in [-0.4, -0.2) is 11.0 Å². The maximum Gasteiger partial charge on any atom is 0.231 e. The van der Waals surface area contributed by atoms with Crippen molar-refractivity contribution in [2.45, 2.75) is 40.0 Å². The van der Waals surface area contributed by atoms with Gasteiger partial charge in [0, 0.05) is 11.8 Å². The van der Waals surface area contributed by atoms with Gasteiger partial charge in [-0.15, -0.1) is 0 Å². The minimum absolute atomic E-state index is 0.0788. The highest BCUT2D eigenvalue weighted by Gasteiger charge is 2.15. The molecule has 0 aliphatic heterocycles. The van der Waals surface area contributed by atoms with Gasteiger partial charge in [-0.05, 0) is 48.9 Å². The molecule has 2 N–H and O–H groups in total. The van der Waals surface area contributed by atoms with Gasteiger partial charge >= 0.3 is 0 Å². The lowest BCUT2D eigenvalue weighted by molar-refractivity contribution is -0.117. The fraction of sp³-hybridized carbons (Fsp3) is 0.350. The summed E-state index contributed by atoms with van der Waals surface area (Å²) in [7, 11) is 0. The third kappa shape index (κ3) is 4.59. The van der Waals surface area contributed by atoms with E-state index in [0.29, 0.717) is 11.6 Å². The lowest BCUT2D eigenvalue weighted by atomic mass is 9.96. The number of benzene rings is 2. The number of carbonyl (C=O) groups is 1. The van der Waals surface area contributed by atoms with Crippen molar-refractivity contribution in [3.8, 4) is 5.75 Å². The van der Waals surface area contributed by atoms with E-state index in [1.54, 1.807) is 18.2 Å². The molecule has 23 heavy (non-hydrogen) atoms. The second-order valence-electron chi connectivity index (χ2n) is 6.55. The van der Waals surface area contributed by atoms with E-state index >= 15 is 0 Å². The number of phenolic OH excluding ortho intramolecular Hbond substituents is 1. The van der Waals surface area contributed by atoms with Crippen molar-refractivity contribution in [2.24, 2.45) is 5.92 Å². The molecule has 0 radical (unpaired) electrons. The average molecular weight is 311 g/mol. The van der Waals surface area contributed by atoms with Crippen LogP contribution in [0.4, 0.5) is 5.69 Å². The van der Waals surface area contributed by atoms with Gasteiger partial charge in [0.25, 0.3) is 0 Å². The van der Waals surface area contributed by atoms with Gasteiger partial charge in [0.05, 0.1) is 5.92 Å². The summed E-state index contributed by atoms with van der Waals surface area (Å²) in [5.41, 5.74) is 3.68. The highest BCUT2D eigenvalue weighted by molar-refractivity contribution is 5.95. The fourth-order valence-corrected chi connectivity index (χ4v) is 2.50. The van der Waals surface area contributed by atoms with Crippen molar-refractivity contribution < 1.29 is 9.90 Å². The molecule has 0 spiro atoms. The molecule has 0 bridgehead atoms. The first kappa shape index (κ1) is 17.1. The molecule has 0 fully saturated rings. The maximum absolute atomic E-state index is 12.4. The summed E-state index contributed by atoms with van der Waals surface area (Å²) in [5.74, 6) is 0.487. The first-order valence-electron chi connectivity index (χ1n) is 8.06. The first-order valence-corrected chi connectivity index (χ1v) is 8.06. The number of nitrogens with one attached hydrogen (secondary N) is 1. The molecule has 1 unspecified atom stereocenters. The van der Waals surface area contributed by atoms with Crippen LogP contribution in [0.2, 0.25) is 0 Å². The third-order valence-corrected chi connectivity index (χ3v) is 3.99. The minimum atomic E-state index is -0.244. The number of phenols is 1. The molecular formula is C20H25NO2. The first-order chi connectivity index (χ1) is 10.9. The minimum Gasteiger partial charge on any atom is -0.508 e. The maximum atomic E-state index is 12.4. The van der Waals surface area contributed by atoms with Gasteiger partial charge in [-0.25, -0.2) is 0 Å². The van der Waals surface area contributed by atoms with Gasteiger partial charge in [0.1, 0.15) is 5.75 Å². The Morgan fingerprint density at radius 3 is 2.30 bits per heavy atom. The van der Waals surface area contributed by atoms with Crippen LogP contribution in [0.3, 0.4) is 0 Å². The molecule has 2 aromatic rings. The van der Waals surface area contributed by atoms with Crippen LogP contribution < -0.4 is 5.32 Å². The van der Waals surface area contributed by atoms with Crippen molar-refractivity contribution >= 4 is 11.6 Å². The van der Waals surface area contributed by atoms with E-state index in [1.165, 1.54) is 5.56 Å². The Balaban J connectivity index is 2.05. The van der Waals surface area contributed by atoms with E-state index in [-0.39, 0.29) is 17.6 Å². The topological polar surface area (TPSA) is 49.3 Å². The zero-order chi connectivity index (χ0) is 17.0. The predicted octanol–water partition coefficient (Wildman–Crippen LogP) is 4.64. The van der Waals surface area contributed by atoms with E-state index in [1.807, 2.05) is 26.0 Å². The highest BCUT2D eigenvalue weighted by atomic mass is 16.3. The van der Waals surface area contributed by atoms with Crippen molar-refractivity contribution in [3.05, 3.63) is 59.2 Å². The number of carbonyl (C=O) groups excluding carboxylic acids is 1. The normalized spacial score (nSPS) is 12.2. The Hall–Kier alpha value is -2.29. The Bertz CT molecular complexity index is 675. The number of hydrogen-bond donors (Lipinski definition) is 2. The van der Waals surface area contributed by atoms with E-state index in [2.05, 4.69) is 31.3 Å². The fourth-order valence-electron chi connectivity index (χ4n) is 2.50. The van der Waals surface area contributed by atoms with Gasteiger partial charge in [-0.3, -0.25) is 4.79 Å². The second kappa shape index (κ2) is 7.32. The van der Waals surface area contributed by atoms with E-state index in [4.69, 9.17) is 0 Å². The molecule has 3 nitrogen and oxygen atoms in total. The molecule has 0 saturated heterocycles. The van der Waals surface area contributed by atoms with E-state index < -0.39 is 0 Å². The predicted molar refractivity (Wildman–Crippen MR) is 94.9 cm³/mol. The van der Waals surface area contributed by atoms with Crippen molar-refractivity contribution in [2.75, 3.05) is 5.32 Å². The largest absolute Gasteiger partial charge is 0.508 e. The van der Waals surface area contributed by atoms with Gasteiger partial charge in [-0.1, -0.05) is 44.2 Å². The molecule has 1 amide bonds. The lowest BCUT2D eigenvalue weighted by Crippen LogP contribution is -2.18. The summed E-state index contributed by atoms with van der Waals surface area (Å²) in [5, 5.41) is 12.6. The van der Waals surface area contributed by atoms with Crippen molar-refractivity contribution in [3.63, 3.8) is 0 Å². The molecule has 0 heterocycles. The Kier molecular flexibility index (Phi) is 5.43. The van der Waals surface area contributed by atoms with Crippen LogP contribution in [0, 0.1) is 12.8 Å². The lowest BCUT2D eigenvalue weighted by Gasteiger charge is -2.14. The molecule has 3 heteroatoms. The van der Waals surface area contributed by atoms with Crippen molar-refractivity contribution in [1.29, 1.82) is 0 Å². The van der Waals surface area contributed by atoms with Gasteiger partial charge in [0.15, 0.2) is 0 Å². The standard InChI is InChI=1S/C20H25NO2/c1-13(2)11-16-6-8-17(9-7-16)15(4)20(23)21-18-10-5-14(3)19(22)12-18/h5-10,12-13,15,22H,11H2,1-4H3,(H,21,23). The van der Waals surface area contributed by atoms with E-state index in [0.717, 1.165) is 17.5 Å². The van der Waals surface area contributed by atoms with Crippen LogP contribution in [0.1, 0.15) is 43.4 Å². The number of aryl methyl sites for hydroxylation is 1. The molecule has 2 aromatic carbocycles. The third-order valence-electron chi connectivity index (χ3n) is 3.99. The molecule has 0 aliphatic rings.